The van der Waals surface area contributed by atoms with Crippen LogP contribution in [0.1, 0.15) is 6.92 Å². The first-order chi connectivity index (χ1) is 15.0. The highest BCUT2D eigenvalue weighted by Crippen LogP contribution is 2.33. The maximum absolute atomic E-state index is 12.6. The normalized spacial score (nSPS) is 17.1. The van der Waals surface area contributed by atoms with E-state index in [1.54, 1.807) is 32.2 Å². The van der Waals surface area contributed by atoms with Gasteiger partial charge in [0.05, 0.1) is 19.3 Å². The van der Waals surface area contributed by atoms with Crippen molar-refractivity contribution < 1.29 is 19.0 Å². The van der Waals surface area contributed by atoms with Crippen LogP contribution in [0.25, 0.3) is 11.3 Å². The summed E-state index contributed by atoms with van der Waals surface area (Å²) in [5, 5.41) is 7.21. The van der Waals surface area contributed by atoms with Gasteiger partial charge in [0.1, 0.15) is 11.9 Å². The fourth-order valence-corrected chi connectivity index (χ4v) is 3.32. The highest BCUT2D eigenvalue weighted by molar-refractivity contribution is 5.82. The van der Waals surface area contributed by atoms with E-state index in [1.807, 2.05) is 36.4 Å². The smallest absolute Gasteiger partial charge is 0.266 e. The molecule has 0 aliphatic carbocycles. The predicted molar refractivity (Wildman–Crippen MR) is 114 cm³/mol. The van der Waals surface area contributed by atoms with E-state index in [4.69, 9.17) is 14.2 Å². The van der Waals surface area contributed by atoms with Crippen LogP contribution in [0.3, 0.4) is 0 Å². The Morgan fingerprint density at radius 2 is 1.77 bits per heavy atom. The van der Waals surface area contributed by atoms with Gasteiger partial charge in [0.2, 0.25) is 6.10 Å². The van der Waals surface area contributed by atoms with Gasteiger partial charge in [-0.05, 0) is 49.4 Å². The summed E-state index contributed by atoms with van der Waals surface area (Å²) in [6.07, 6.45) is -1.21. The second-order valence-electron chi connectivity index (χ2n) is 7.11. The average molecular weight is 421 g/mol. The van der Waals surface area contributed by atoms with E-state index in [9.17, 15) is 9.59 Å². The number of carbonyl (C=O) groups is 1. The third-order valence-corrected chi connectivity index (χ3v) is 4.98. The van der Waals surface area contributed by atoms with E-state index >= 15 is 0 Å². The maximum Gasteiger partial charge on any atom is 0.266 e. The zero-order valence-electron chi connectivity index (χ0n) is 17.3. The standard InChI is InChI=1S/C23H23N3O5/c1-15-22(31-20-6-4-3-5-19(20)30-15)23(28)24-13-14-26-21(27)12-11-18(25-26)16-7-9-17(29-2)10-8-16/h3-12,15,22H,13-14H2,1-2H3,(H,24,28). The molecule has 4 rings (SSSR count). The van der Waals surface area contributed by atoms with Gasteiger partial charge in [-0.2, -0.15) is 5.10 Å². The topological polar surface area (TPSA) is 91.7 Å². The van der Waals surface area contributed by atoms with Crippen LogP contribution >= 0.6 is 0 Å². The molecule has 8 heteroatoms. The summed E-state index contributed by atoms with van der Waals surface area (Å²) in [7, 11) is 1.60. The van der Waals surface area contributed by atoms with E-state index in [0.717, 1.165) is 11.3 Å². The number of benzene rings is 2. The molecule has 2 aromatic carbocycles. The molecule has 8 nitrogen and oxygen atoms in total. The van der Waals surface area contributed by atoms with Gasteiger partial charge in [0, 0.05) is 18.2 Å². The highest BCUT2D eigenvalue weighted by Gasteiger charge is 2.33. The number of nitrogens with zero attached hydrogens (tertiary/aromatic N) is 2. The summed E-state index contributed by atoms with van der Waals surface area (Å²) in [5.74, 6) is 1.59. The molecule has 0 saturated heterocycles. The Balaban J connectivity index is 1.39. The van der Waals surface area contributed by atoms with E-state index in [0.29, 0.717) is 17.2 Å². The number of rotatable bonds is 6. The van der Waals surface area contributed by atoms with Gasteiger partial charge in [-0.15, -0.1) is 0 Å². The summed E-state index contributed by atoms with van der Waals surface area (Å²) >= 11 is 0. The Hall–Kier alpha value is -3.81. The zero-order chi connectivity index (χ0) is 21.8. The van der Waals surface area contributed by atoms with Crippen molar-refractivity contribution in [2.45, 2.75) is 25.7 Å². The molecule has 0 radical (unpaired) electrons. The number of fused-ring (bicyclic) bond motifs is 1. The van der Waals surface area contributed by atoms with Crippen molar-refractivity contribution in [3.05, 3.63) is 71.0 Å². The quantitative estimate of drug-likeness (QED) is 0.657. The number of ether oxygens (including phenoxy) is 3. The molecule has 2 atom stereocenters. The number of para-hydroxylation sites is 2. The maximum atomic E-state index is 12.6. The number of hydrogen-bond donors (Lipinski definition) is 1. The Kier molecular flexibility index (Phi) is 5.88. The number of hydrogen-bond acceptors (Lipinski definition) is 6. The molecule has 0 bridgehead atoms. The van der Waals surface area contributed by atoms with E-state index in [-0.39, 0.29) is 24.6 Å². The summed E-state index contributed by atoms with van der Waals surface area (Å²) in [4.78, 5) is 24.8. The number of nitrogens with one attached hydrogen (secondary N) is 1. The van der Waals surface area contributed by atoms with Gasteiger partial charge in [-0.1, -0.05) is 12.1 Å². The molecule has 1 amide bonds. The Bertz CT molecular complexity index is 1130. The molecule has 31 heavy (non-hydrogen) atoms. The van der Waals surface area contributed by atoms with E-state index < -0.39 is 12.2 Å². The van der Waals surface area contributed by atoms with Crippen molar-refractivity contribution in [2.75, 3.05) is 13.7 Å². The number of carbonyl (C=O) groups excluding carboxylic acids is 1. The minimum Gasteiger partial charge on any atom is -0.497 e. The van der Waals surface area contributed by atoms with Gasteiger partial charge >= 0.3 is 0 Å². The lowest BCUT2D eigenvalue weighted by molar-refractivity contribution is -0.133. The molecular formula is C23H23N3O5. The van der Waals surface area contributed by atoms with Crippen LogP contribution in [0.4, 0.5) is 0 Å². The monoisotopic (exact) mass is 421 g/mol. The SMILES string of the molecule is COc1ccc(-c2ccc(=O)n(CCNC(=O)C3Oc4ccccc4OC3C)n2)cc1. The predicted octanol–water partition coefficient (Wildman–Crippen LogP) is 2.26. The van der Waals surface area contributed by atoms with Crippen LogP contribution in [0.15, 0.2) is 65.5 Å². The highest BCUT2D eigenvalue weighted by atomic mass is 16.6. The van der Waals surface area contributed by atoms with Crippen LogP contribution in [0.5, 0.6) is 17.2 Å². The molecule has 1 aliphatic heterocycles. The lowest BCUT2D eigenvalue weighted by atomic mass is 10.1. The molecule has 1 aliphatic rings. The zero-order valence-corrected chi connectivity index (χ0v) is 17.3. The van der Waals surface area contributed by atoms with Crippen molar-refractivity contribution in [3.63, 3.8) is 0 Å². The van der Waals surface area contributed by atoms with Crippen molar-refractivity contribution in [1.82, 2.24) is 15.1 Å². The molecular weight excluding hydrogens is 398 g/mol. The van der Waals surface area contributed by atoms with E-state index in [1.165, 1.54) is 10.7 Å². The average Bonchev–Trinajstić information content (AvgIpc) is 2.79. The Morgan fingerprint density at radius 1 is 1.06 bits per heavy atom. The fraction of sp³-hybridized carbons (Fsp3) is 0.261. The van der Waals surface area contributed by atoms with Crippen molar-refractivity contribution >= 4 is 5.91 Å². The number of amides is 1. The molecule has 0 spiro atoms. The molecule has 2 unspecified atom stereocenters. The van der Waals surface area contributed by atoms with Crippen LogP contribution in [0.2, 0.25) is 0 Å². The third-order valence-electron chi connectivity index (χ3n) is 4.98. The molecule has 160 valence electrons. The van der Waals surface area contributed by atoms with Crippen LogP contribution in [0, 0.1) is 0 Å². The van der Waals surface area contributed by atoms with Crippen molar-refractivity contribution in [2.24, 2.45) is 0 Å². The molecule has 0 saturated carbocycles. The Morgan fingerprint density at radius 3 is 2.48 bits per heavy atom. The van der Waals surface area contributed by atoms with Crippen LogP contribution in [-0.4, -0.2) is 41.6 Å². The molecule has 3 aromatic rings. The molecule has 1 N–H and O–H groups in total. The molecule has 1 aromatic heterocycles. The van der Waals surface area contributed by atoms with E-state index in [2.05, 4.69) is 10.4 Å². The van der Waals surface area contributed by atoms with Crippen molar-refractivity contribution in [3.8, 4) is 28.5 Å². The summed E-state index contributed by atoms with van der Waals surface area (Å²) < 4.78 is 18.1. The minimum absolute atomic E-state index is 0.228. The molecule has 2 heterocycles. The third kappa shape index (κ3) is 4.53. The minimum atomic E-state index is -0.773. The second kappa shape index (κ2) is 8.91. The first-order valence-electron chi connectivity index (χ1n) is 9.98. The second-order valence-corrected chi connectivity index (χ2v) is 7.11. The van der Waals surface area contributed by atoms with Crippen molar-refractivity contribution in [1.29, 1.82) is 0 Å². The number of methoxy groups -OCH3 is 1. The lowest BCUT2D eigenvalue weighted by Crippen LogP contribution is -2.49. The first-order valence-corrected chi connectivity index (χ1v) is 9.98. The number of aromatic nitrogens is 2. The summed E-state index contributed by atoms with van der Waals surface area (Å²) in [5.41, 5.74) is 1.27. The summed E-state index contributed by atoms with van der Waals surface area (Å²) in [6.45, 7) is 2.24. The van der Waals surface area contributed by atoms with Crippen LogP contribution in [-0.2, 0) is 11.3 Å². The van der Waals surface area contributed by atoms with Gasteiger partial charge in [0.15, 0.2) is 11.5 Å². The van der Waals surface area contributed by atoms with Crippen LogP contribution < -0.4 is 25.1 Å². The first kappa shape index (κ1) is 20.5. The largest absolute Gasteiger partial charge is 0.497 e. The fourth-order valence-electron chi connectivity index (χ4n) is 3.32. The lowest BCUT2D eigenvalue weighted by Gasteiger charge is -2.31. The summed E-state index contributed by atoms with van der Waals surface area (Å²) in [6, 6.07) is 17.8. The van der Waals surface area contributed by atoms with Gasteiger partial charge < -0.3 is 19.5 Å². The Labute approximate surface area is 179 Å². The van der Waals surface area contributed by atoms with Gasteiger partial charge in [-0.3, -0.25) is 9.59 Å². The molecule has 0 fully saturated rings. The van der Waals surface area contributed by atoms with Gasteiger partial charge in [-0.25, -0.2) is 4.68 Å². The van der Waals surface area contributed by atoms with Gasteiger partial charge in [0.25, 0.3) is 11.5 Å².